The Kier molecular flexibility index (Phi) is 4.52. The van der Waals surface area contributed by atoms with Crippen LogP contribution in [0.4, 0.5) is 5.69 Å². The van der Waals surface area contributed by atoms with Crippen LogP contribution in [-0.4, -0.2) is 4.92 Å². The van der Waals surface area contributed by atoms with Gasteiger partial charge in [-0.2, -0.15) is 0 Å². The SMILES string of the molecule is O=[N+]([O-])c1c(CBr)cccc1OCc1ccccc1. The van der Waals surface area contributed by atoms with Gasteiger partial charge in [0.05, 0.1) is 4.92 Å². The van der Waals surface area contributed by atoms with Crippen molar-refractivity contribution in [2.75, 3.05) is 0 Å². The summed E-state index contributed by atoms with van der Waals surface area (Å²) in [5.41, 5.74) is 1.60. The van der Waals surface area contributed by atoms with Crippen molar-refractivity contribution in [3.63, 3.8) is 0 Å². The highest BCUT2D eigenvalue weighted by Gasteiger charge is 2.19. The molecule has 0 amide bonds. The molecule has 0 unspecified atom stereocenters. The topological polar surface area (TPSA) is 52.4 Å². The number of nitro groups is 1. The number of nitro benzene ring substituents is 1. The fraction of sp³-hybridized carbons (Fsp3) is 0.143. The van der Waals surface area contributed by atoms with Crippen molar-refractivity contribution >= 4 is 21.6 Å². The van der Waals surface area contributed by atoms with E-state index >= 15 is 0 Å². The molecule has 0 spiro atoms. The molecule has 2 rings (SSSR count). The molecule has 4 nitrogen and oxygen atoms in total. The van der Waals surface area contributed by atoms with Gasteiger partial charge in [-0.15, -0.1) is 0 Å². The summed E-state index contributed by atoms with van der Waals surface area (Å²) in [4.78, 5) is 10.7. The van der Waals surface area contributed by atoms with Crippen LogP contribution < -0.4 is 4.74 Å². The molecular formula is C14H12BrNO3. The van der Waals surface area contributed by atoms with Gasteiger partial charge in [0.2, 0.25) is 0 Å². The lowest BCUT2D eigenvalue weighted by Crippen LogP contribution is -2.01. The van der Waals surface area contributed by atoms with Crippen LogP contribution in [0.2, 0.25) is 0 Å². The average Bonchev–Trinajstić information content (AvgIpc) is 2.45. The first-order chi connectivity index (χ1) is 9.22. The Morgan fingerprint density at radius 1 is 1.11 bits per heavy atom. The lowest BCUT2D eigenvalue weighted by molar-refractivity contribution is -0.386. The summed E-state index contributed by atoms with van der Waals surface area (Å²) in [5, 5.41) is 11.5. The van der Waals surface area contributed by atoms with Gasteiger partial charge in [-0.25, -0.2) is 0 Å². The maximum absolute atomic E-state index is 11.1. The zero-order valence-corrected chi connectivity index (χ0v) is 11.7. The molecule has 0 aromatic heterocycles. The zero-order chi connectivity index (χ0) is 13.7. The number of benzene rings is 2. The van der Waals surface area contributed by atoms with E-state index < -0.39 is 4.92 Å². The minimum absolute atomic E-state index is 0.0234. The Labute approximate surface area is 119 Å². The predicted octanol–water partition coefficient (Wildman–Crippen LogP) is 4.07. The van der Waals surface area contributed by atoms with Crippen LogP contribution in [0.5, 0.6) is 5.75 Å². The third-order valence-electron chi connectivity index (χ3n) is 2.65. The van der Waals surface area contributed by atoms with Gasteiger partial charge in [0.25, 0.3) is 0 Å². The summed E-state index contributed by atoms with van der Waals surface area (Å²) in [5.74, 6) is 0.297. The van der Waals surface area contributed by atoms with Crippen molar-refractivity contribution in [3.05, 3.63) is 69.8 Å². The molecule has 19 heavy (non-hydrogen) atoms. The van der Waals surface area contributed by atoms with Gasteiger partial charge < -0.3 is 4.74 Å². The first-order valence-electron chi connectivity index (χ1n) is 5.71. The van der Waals surface area contributed by atoms with E-state index in [-0.39, 0.29) is 5.69 Å². The van der Waals surface area contributed by atoms with Gasteiger partial charge in [0.15, 0.2) is 5.75 Å². The molecule has 0 aliphatic heterocycles. The maximum Gasteiger partial charge on any atom is 0.314 e. The third-order valence-corrected chi connectivity index (χ3v) is 3.25. The van der Waals surface area contributed by atoms with E-state index in [1.54, 1.807) is 18.2 Å². The molecule has 2 aromatic carbocycles. The second-order valence-electron chi connectivity index (χ2n) is 3.93. The molecule has 5 heteroatoms. The summed E-state index contributed by atoms with van der Waals surface area (Å²) < 4.78 is 5.56. The molecule has 0 N–H and O–H groups in total. The van der Waals surface area contributed by atoms with Crippen LogP contribution in [0.15, 0.2) is 48.5 Å². The fourth-order valence-electron chi connectivity index (χ4n) is 1.73. The van der Waals surface area contributed by atoms with E-state index in [1.807, 2.05) is 30.3 Å². The van der Waals surface area contributed by atoms with Crippen molar-refractivity contribution < 1.29 is 9.66 Å². The molecule has 0 radical (unpaired) electrons. The summed E-state index contributed by atoms with van der Waals surface area (Å²) in [7, 11) is 0. The number of para-hydroxylation sites is 1. The highest BCUT2D eigenvalue weighted by molar-refractivity contribution is 9.08. The molecule has 0 aliphatic carbocycles. The summed E-state index contributed by atoms with van der Waals surface area (Å²) in [6.07, 6.45) is 0. The lowest BCUT2D eigenvalue weighted by atomic mass is 10.2. The second kappa shape index (κ2) is 6.33. The molecular weight excluding hydrogens is 310 g/mol. The van der Waals surface area contributed by atoms with Crippen LogP contribution in [0.3, 0.4) is 0 Å². The number of hydrogen-bond donors (Lipinski definition) is 0. The van der Waals surface area contributed by atoms with Crippen molar-refractivity contribution in [3.8, 4) is 5.75 Å². The first kappa shape index (κ1) is 13.5. The molecule has 2 aromatic rings. The summed E-state index contributed by atoms with van der Waals surface area (Å²) in [6, 6.07) is 14.6. The lowest BCUT2D eigenvalue weighted by Gasteiger charge is -2.08. The Bertz CT molecular complexity index is 572. The molecule has 0 heterocycles. The van der Waals surface area contributed by atoms with Crippen molar-refractivity contribution in [1.82, 2.24) is 0 Å². The Hall–Kier alpha value is -1.88. The molecule has 0 fully saturated rings. The van der Waals surface area contributed by atoms with Gasteiger partial charge in [0.1, 0.15) is 6.61 Å². The largest absolute Gasteiger partial charge is 0.482 e. The quantitative estimate of drug-likeness (QED) is 0.474. The molecule has 0 saturated heterocycles. The van der Waals surface area contributed by atoms with Crippen LogP contribution in [0.25, 0.3) is 0 Å². The summed E-state index contributed by atoms with van der Waals surface area (Å²) in [6.45, 7) is 0.313. The van der Waals surface area contributed by atoms with E-state index in [4.69, 9.17) is 4.74 Å². The second-order valence-corrected chi connectivity index (χ2v) is 4.49. The minimum atomic E-state index is -0.406. The van der Waals surface area contributed by atoms with Crippen LogP contribution in [0.1, 0.15) is 11.1 Å². The van der Waals surface area contributed by atoms with E-state index in [2.05, 4.69) is 15.9 Å². The monoisotopic (exact) mass is 321 g/mol. The van der Waals surface area contributed by atoms with Crippen LogP contribution in [0, 0.1) is 10.1 Å². The smallest absolute Gasteiger partial charge is 0.314 e. The number of nitrogens with zero attached hydrogens (tertiary/aromatic N) is 1. The van der Waals surface area contributed by atoms with E-state index in [0.29, 0.717) is 23.2 Å². The minimum Gasteiger partial charge on any atom is -0.482 e. The van der Waals surface area contributed by atoms with Crippen LogP contribution in [-0.2, 0) is 11.9 Å². The Morgan fingerprint density at radius 2 is 1.84 bits per heavy atom. The molecule has 0 atom stereocenters. The standard InChI is InChI=1S/C14H12BrNO3/c15-9-12-7-4-8-13(14(12)16(17)18)19-10-11-5-2-1-3-6-11/h1-8H,9-10H2. The van der Waals surface area contributed by atoms with E-state index in [1.165, 1.54) is 0 Å². The molecule has 0 saturated carbocycles. The molecule has 0 bridgehead atoms. The highest BCUT2D eigenvalue weighted by Crippen LogP contribution is 2.32. The van der Waals surface area contributed by atoms with E-state index in [9.17, 15) is 10.1 Å². The number of halogens is 1. The van der Waals surface area contributed by atoms with Crippen molar-refractivity contribution in [2.45, 2.75) is 11.9 Å². The van der Waals surface area contributed by atoms with Gasteiger partial charge in [-0.1, -0.05) is 58.4 Å². The normalized spacial score (nSPS) is 10.2. The van der Waals surface area contributed by atoms with Crippen molar-refractivity contribution in [2.24, 2.45) is 0 Å². The number of alkyl halides is 1. The Morgan fingerprint density at radius 3 is 2.47 bits per heavy atom. The molecule has 98 valence electrons. The number of rotatable bonds is 5. The first-order valence-corrected chi connectivity index (χ1v) is 6.83. The van der Waals surface area contributed by atoms with Gasteiger partial charge in [0, 0.05) is 10.9 Å². The fourth-order valence-corrected chi connectivity index (χ4v) is 2.19. The third kappa shape index (κ3) is 3.32. The number of hydrogen-bond acceptors (Lipinski definition) is 3. The van der Waals surface area contributed by atoms with Gasteiger partial charge in [-0.05, 0) is 11.6 Å². The maximum atomic E-state index is 11.1. The predicted molar refractivity (Wildman–Crippen MR) is 76.5 cm³/mol. The summed E-state index contributed by atoms with van der Waals surface area (Å²) >= 11 is 3.25. The zero-order valence-electron chi connectivity index (χ0n) is 10.1. The van der Waals surface area contributed by atoms with E-state index in [0.717, 1.165) is 5.56 Å². The Balaban J connectivity index is 2.23. The molecule has 0 aliphatic rings. The van der Waals surface area contributed by atoms with Crippen LogP contribution >= 0.6 is 15.9 Å². The van der Waals surface area contributed by atoms with Crippen molar-refractivity contribution in [1.29, 1.82) is 0 Å². The van der Waals surface area contributed by atoms with Gasteiger partial charge in [-0.3, -0.25) is 10.1 Å². The van der Waals surface area contributed by atoms with Gasteiger partial charge >= 0.3 is 5.69 Å². The number of ether oxygens (including phenoxy) is 1. The highest BCUT2D eigenvalue weighted by atomic mass is 79.9. The average molecular weight is 322 g/mol.